The average molecular weight is 461 g/mol. The molecule has 1 heterocycles. The number of anilines is 2. The molecule has 0 spiro atoms. The summed E-state index contributed by atoms with van der Waals surface area (Å²) in [5, 5.41) is 7.73. The third-order valence-corrected chi connectivity index (χ3v) is 5.48. The minimum absolute atomic E-state index is 0.0134. The molecule has 0 atom stereocenters. The fraction of sp³-hybridized carbons (Fsp3) is 0.192. The SMILES string of the molecule is Cc1ccc(C(C)(C)C)cc1NC(=O)Nc1ccc(Oc2ccnc(Cl)n2)c2ccccc12. The summed E-state index contributed by atoms with van der Waals surface area (Å²) in [7, 11) is 0. The number of nitrogens with one attached hydrogen (secondary N) is 2. The van der Waals surface area contributed by atoms with Crippen molar-refractivity contribution in [1.82, 2.24) is 9.97 Å². The molecule has 2 N–H and O–H groups in total. The zero-order valence-corrected chi connectivity index (χ0v) is 19.7. The molecular weight excluding hydrogens is 436 g/mol. The summed E-state index contributed by atoms with van der Waals surface area (Å²) in [6, 6.07) is 18.7. The number of hydrogen-bond acceptors (Lipinski definition) is 4. The minimum atomic E-state index is -0.314. The zero-order valence-electron chi connectivity index (χ0n) is 18.9. The van der Waals surface area contributed by atoms with E-state index in [1.165, 1.54) is 6.20 Å². The van der Waals surface area contributed by atoms with E-state index in [2.05, 4.69) is 47.4 Å². The van der Waals surface area contributed by atoms with Gasteiger partial charge in [-0.2, -0.15) is 4.98 Å². The van der Waals surface area contributed by atoms with E-state index < -0.39 is 0 Å². The second-order valence-electron chi connectivity index (χ2n) is 8.78. The van der Waals surface area contributed by atoms with Crippen molar-refractivity contribution >= 4 is 39.8 Å². The lowest BCUT2D eigenvalue weighted by Gasteiger charge is -2.21. The van der Waals surface area contributed by atoms with Gasteiger partial charge in [0.15, 0.2) is 0 Å². The Kier molecular flexibility index (Phi) is 6.20. The third kappa shape index (κ3) is 5.23. The lowest BCUT2D eigenvalue weighted by Crippen LogP contribution is -2.21. The first kappa shape index (κ1) is 22.6. The Morgan fingerprint density at radius 3 is 2.39 bits per heavy atom. The minimum Gasteiger partial charge on any atom is -0.438 e. The van der Waals surface area contributed by atoms with Crippen LogP contribution in [-0.4, -0.2) is 16.0 Å². The van der Waals surface area contributed by atoms with Gasteiger partial charge in [-0.05, 0) is 53.3 Å². The molecule has 0 aliphatic rings. The van der Waals surface area contributed by atoms with Crippen LogP contribution >= 0.6 is 11.6 Å². The van der Waals surface area contributed by atoms with Crippen molar-refractivity contribution in [2.45, 2.75) is 33.1 Å². The van der Waals surface area contributed by atoms with Gasteiger partial charge < -0.3 is 15.4 Å². The van der Waals surface area contributed by atoms with Gasteiger partial charge >= 0.3 is 6.03 Å². The Morgan fingerprint density at radius 1 is 0.939 bits per heavy atom. The maximum absolute atomic E-state index is 12.9. The molecule has 1 aromatic heterocycles. The summed E-state index contributed by atoms with van der Waals surface area (Å²) in [4.78, 5) is 20.8. The highest BCUT2D eigenvalue weighted by Crippen LogP contribution is 2.34. The largest absolute Gasteiger partial charge is 0.438 e. The van der Waals surface area contributed by atoms with E-state index in [0.29, 0.717) is 17.3 Å². The van der Waals surface area contributed by atoms with Gasteiger partial charge in [-0.3, -0.25) is 0 Å². The second kappa shape index (κ2) is 9.08. The van der Waals surface area contributed by atoms with Crippen molar-refractivity contribution in [3.8, 4) is 11.6 Å². The van der Waals surface area contributed by atoms with Crippen molar-refractivity contribution in [2.75, 3.05) is 10.6 Å². The predicted octanol–water partition coefficient (Wildman–Crippen LogP) is 7.33. The highest BCUT2D eigenvalue weighted by atomic mass is 35.5. The van der Waals surface area contributed by atoms with Gasteiger partial charge in [0, 0.05) is 28.7 Å². The van der Waals surface area contributed by atoms with Crippen LogP contribution in [0.3, 0.4) is 0 Å². The molecule has 0 bridgehead atoms. The number of hydrogen-bond donors (Lipinski definition) is 2. The number of rotatable bonds is 4. The van der Waals surface area contributed by atoms with Crippen LogP contribution in [0.15, 0.2) is 66.9 Å². The smallest absolute Gasteiger partial charge is 0.323 e. The molecule has 0 fully saturated rings. The number of aryl methyl sites for hydroxylation is 1. The van der Waals surface area contributed by atoms with Gasteiger partial charge in [-0.25, -0.2) is 9.78 Å². The average Bonchev–Trinajstić information content (AvgIpc) is 2.76. The van der Waals surface area contributed by atoms with Crippen molar-refractivity contribution in [2.24, 2.45) is 0 Å². The van der Waals surface area contributed by atoms with E-state index in [1.54, 1.807) is 18.2 Å². The normalized spacial score (nSPS) is 11.3. The Balaban J connectivity index is 1.59. The molecule has 0 saturated heterocycles. The molecule has 2 amide bonds. The number of carbonyl (C=O) groups is 1. The Hall–Kier alpha value is -3.64. The lowest BCUT2D eigenvalue weighted by molar-refractivity contribution is 0.262. The summed E-state index contributed by atoms with van der Waals surface area (Å²) in [5.41, 5.74) is 3.58. The van der Waals surface area contributed by atoms with Crippen LogP contribution in [0.5, 0.6) is 11.6 Å². The lowest BCUT2D eigenvalue weighted by atomic mass is 9.86. The fourth-order valence-electron chi connectivity index (χ4n) is 3.46. The molecule has 0 unspecified atom stereocenters. The van der Waals surface area contributed by atoms with Crippen LogP contribution in [0.25, 0.3) is 10.8 Å². The predicted molar refractivity (Wildman–Crippen MR) is 134 cm³/mol. The topological polar surface area (TPSA) is 76.1 Å². The summed E-state index contributed by atoms with van der Waals surface area (Å²) >= 11 is 5.87. The standard InChI is InChI=1S/C26H25ClN4O2/c1-16-9-10-17(26(2,3)4)15-21(16)30-25(32)29-20-11-12-22(19-8-6-5-7-18(19)20)33-23-13-14-28-24(27)31-23/h5-15H,1-4H3,(H2,29,30,32). The molecule has 0 aliphatic heterocycles. The highest BCUT2D eigenvalue weighted by molar-refractivity contribution is 6.28. The molecule has 0 aliphatic carbocycles. The second-order valence-corrected chi connectivity index (χ2v) is 9.12. The van der Waals surface area contributed by atoms with Gasteiger partial charge in [0.2, 0.25) is 11.2 Å². The first-order valence-electron chi connectivity index (χ1n) is 10.6. The first-order valence-corrected chi connectivity index (χ1v) is 11.0. The Labute approximate surface area is 198 Å². The number of aromatic nitrogens is 2. The van der Waals surface area contributed by atoms with E-state index in [9.17, 15) is 4.79 Å². The monoisotopic (exact) mass is 460 g/mol. The molecule has 33 heavy (non-hydrogen) atoms. The summed E-state index contributed by atoms with van der Waals surface area (Å²) in [6.07, 6.45) is 1.53. The van der Waals surface area contributed by atoms with Gasteiger partial charge in [-0.1, -0.05) is 57.2 Å². The molecule has 3 aromatic carbocycles. The zero-order chi connectivity index (χ0) is 23.6. The molecule has 7 heteroatoms. The molecular formula is C26H25ClN4O2. The van der Waals surface area contributed by atoms with Gasteiger partial charge in [0.25, 0.3) is 0 Å². The van der Waals surface area contributed by atoms with Crippen LogP contribution in [0, 0.1) is 6.92 Å². The Morgan fingerprint density at radius 2 is 1.67 bits per heavy atom. The van der Waals surface area contributed by atoms with E-state index >= 15 is 0 Å². The van der Waals surface area contributed by atoms with Crippen molar-refractivity contribution in [3.63, 3.8) is 0 Å². The van der Waals surface area contributed by atoms with Crippen molar-refractivity contribution in [1.29, 1.82) is 0 Å². The molecule has 6 nitrogen and oxygen atoms in total. The van der Waals surface area contributed by atoms with E-state index in [1.807, 2.05) is 43.3 Å². The molecule has 0 radical (unpaired) electrons. The van der Waals surface area contributed by atoms with Crippen LogP contribution in [0.2, 0.25) is 5.28 Å². The van der Waals surface area contributed by atoms with Crippen LogP contribution < -0.4 is 15.4 Å². The molecule has 4 aromatic rings. The highest BCUT2D eigenvalue weighted by Gasteiger charge is 2.16. The van der Waals surface area contributed by atoms with Crippen LogP contribution in [0.1, 0.15) is 31.9 Å². The summed E-state index contributed by atoms with van der Waals surface area (Å²) < 4.78 is 5.92. The number of halogens is 1. The number of urea groups is 1. The molecule has 0 saturated carbocycles. The van der Waals surface area contributed by atoms with Crippen LogP contribution in [-0.2, 0) is 5.41 Å². The van der Waals surface area contributed by atoms with Crippen molar-refractivity contribution < 1.29 is 9.53 Å². The molecule has 4 rings (SSSR count). The van der Waals surface area contributed by atoms with Gasteiger partial charge in [-0.15, -0.1) is 0 Å². The van der Waals surface area contributed by atoms with Gasteiger partial charge in [0.1, 0.15) is 5.75 Å². The number of nitrogens with zero attached hydrogens (tertiary/aromatic N) is 2. The molecule has 168 valence electrons. The number of fused-ring (bicyclic) bond motifs is 1. The number of carbonyl (C=O) groups excluding carboxylic acids is 1. The maximum Gasteiger partial charge on any atom is 0.323 e. The number of ether oxygens (including phenoxy) is 1. The Bertz CT molecular complexity index is 1330. The first-order chi connectivity index (χ1) is 15.7. The van der Waals surface area contributed by atoms with Gasteiger partial charge in [0.05, 0.1) is 5.69 Å². The van der Waals surface area contributed by atoms with Crippen molar-refractivity contribution in [3.05, 3.63) is 83.3 Å². The maximum atomic E-state index is 12.9. The van der Waals surface area contributed by atoms with E-state index in [-0.39, 0.29) is 16.7 Å². The van der Waals surface area contributed by atoms with Crippen LogP contribution in [0.4, 0.5) is 16.2 Å². The van der Waals surface area contributed by atoms with E-state index in [0.717, 1.165) is 27.6 Å². The fourth-order valence-corrected chi connectivity index (χ4v) is 3.60. The quantitative estimate of drug-likeness (QED) is 0.312. The third-order valence-electron chi connectivity index (χ3n) is 5.30. The number of amides is 2. The summed E-state index contributed by atoms with van der Waals surface area (Å²) in [6.45, 7) is 8.41. The van der Waals surface area contributed by atoms with E-state index in [4.69, 9.17) is 16.3 Å². The summed E-state index contributed by atoms with van der Waals surface area (Å²) in [5.74, 6) is 0.938. The number of benzene rings is 3.